The SMILES string of the molecule is Clc1c(Br)cccc1-c1ccc(CNC2CC2)cc1. The molecular weight excluding hydrogens is 322 g/mol. The van der Waals surface area contributed by atoms with Crippen molar-refractivity contribution in [2.45, 2.75) is 25.4 Å². The molecule has 2 aromatic rings. The van der Waals surface area contributed by atoms with Crippen molar-refractivity contribution >= 4 is 27.5 Å². The Morgan fingerprint density at radius 1 is 1.11 bits per heavy atom. The van der Waals surface area contributed by atoms with Crippen molar-refractivity contribution in [2.75, 3.05) is 0 Å². The van der Waals surface area contributed by atoms with Crippen LogP contribution in [-0.4, -0.2) is 6.04 Å². The standard InChI is InChI=1S/C16H15BrClN/c17-15-3-1-2-14(16(15)18)12-6-4-11(5-7-12)10-19-13-8-9-13/h1-7,13,19H,8-10H2. The summed E-state index contributed by atoms with van der Waals surface area (Å²) in [5.41, 5.74) is 3.54. The second-order valence-corrected chi connectivity index (χ2v) is 6.19. The van der Waals surface area contributed by atoms with Gasteiger partial charge < -0.3 is 5.32 Å². The van der Waals surface area contributed by atoms with Crippen LogP contribution in [0.25, 0.3) is 11.1 Å². The highest BCUT2D eigenvalue weighted by molar-refractivity contribution is 9.10. The Bertz CT molecular complexity index is 576. The van der Waals surface area contributed by atoms with Gasteiger partial charge in [0.25, 0.3) is 0 Å². The molecule has 0 radical (unpaired) electrons. The van der Waals surface area contributed by atoms with E-state index in [0.717, 1.165) is 33.2 Å². The molecular formula is C16H15BrClN. The zero-order valence-corrected chi connectivity index (χ0v) is 12.8. The van der Waals surface area contributed by atoms with Gasteiger partial charge in [-0.1, -0.05) is 48.0 Å². The minimum absolute atomic E-state index is 0.749. The van der Waals surface area contributed by atoms with Crippen molar-refractivity contribution in [2.24, 2.45) is 0 Å². The average Bonchev–Trinajstić information content (AvgIpc) is 3.25. The largest absolute Gasteiger partial charge is 0.310 e. The van der Waals surface area contributed by atoms with Gasteiger partial charge in [0, 0.05) is 22.6 Å². The number of benzene rings is 2. The molecule has 1 nitrogen and oxygen atoms in total. The van der Waals surface area contributed by atoms with Crippen molar-refractivity contribution in [3.63, 3.8) is 0 Å². The highest BCUT2D eigenvalue weighted by atomic mass is 79.9. The van der Waals surface area contributed by atoms with E-state index in [1.54, 1.807) is 0 Å². The van der Waals surface area contributed by atoms with Gasteiger partial charge in [0.05, 0.1) is 5.02 Å². The molecule has 0 atom stereocenters. The van der Waals surface area contributed by atoms with Crippen LogP contribution in [0.15, 0.2) is 46.9 Å². The minimum atomic E-state index is 0.749. The molecule has 1 N–H and O–H groups in total. The summed E-state index contributed by atoms with van der Waals surface area (Å²) in [5.74, 6) is 0. The van der Waals surface area contributed by atoms with Crippen LogP contribution in [0.2, 0.25) is 5.02 Å². The summed E-state index contributed by atoms with van der Waals surface area (Å²) in [6.45, 7) is 0.956. The molecule has 0 spiro atoms. The molecule has 0 heterocycles. The highest BCUT2D eigenvalue weighted by Gasteiger charge is 2.19. The molecule has 1 saturated carbocycles. The van der Waals surface area contributed by atoms with Crippen LogP contribution in [0.5, 0.6) is 0 Å². The maximum atomic E-state index is 6.32. The minimum Gasteiger partial charge on any atom is -0.310 e. The summed E-state index contributed by atoms with van der Waals surface area (Å²) in [6.07, 6.45) is 2.65. The fourth-order valence-corrected chi connectivity index (χ4v) is 2.68. The van der Waals surface area contributed by atoms with E-state index in [-0.39, 0.29) is 0 Å². The Kier molecular flexibility index (Phi) is 3.92. The first-order chi connectivity index (χ1) is 9.24. The third-order valence-electron chi connectivity index (χ3n) is 3.39. The number of rotatable bonds is 4. The fourth-order valence-electron chi connectivity index (χ4n) is 2.08. The molecule has 0 bridgehead atoms. The van der Waals surface area contributed by atoms with Crippen LogP contribution >= 0.6 is 27.5 Å². The molecule has 0 saturated heterocycles. The Balaban J connectivity index is 1.79. The van der Waals surface area contributed by atoms with E-state index in [2.05, 4.69) is 45.5 Å². The summed E-state index contributed by atoms with van der Waals surface area (Å²) < 4.78 is 0.936. The van der Waals surface area contributed by atoms with Gasteiger partial charge in [0.2, 0.25) is 0 Å². The number of hydrogen-bond donors (Lipinski definition) is 1. The lowest BCUT2D eigenvalue weighted by Crippen LogP contribution is -2.14. The lowest BCUT2D eigenvalue weighted by molar-refractivity contribution is 0.688. The van der Waals surface area contributed by atoms with Gasteiger partial charge in [-0.2, -0.15) is 0 Å². The van der Waals surface area contributed by atoms with Gasteiger partial charge in [-0.15, -0.1) is 0 Å². The van der Waals surface area contributed by atoms with Gasteiger partial charge >= 0.3 is 0 Å². The molecule has 98 valence electrons. The Hall–Kier alpha value is -0.830. The molecule has 2 aromatic carbocycles. The van der Waals surface area contributed by atoms with Crippen LogP contribution in [0.1, 0.15) is 18.4 Å². The quantitative estimate of drug-likeness (QED) is 0.826. The predicted molar refractivity (Wildman–Crippen MR) is 84.4 cm³/mol. The molecule has 0 aliphatic heterocycles. The van der Waals surface area contributed by atoms with Gasteiger partial charge in [-0.05, 0) is 46.0 Å². The maximum Gasteiger partial charge on any atom is 0.0626 e. The van der Waals surface area contributed by atoms with E-state index in [0.29, 0.717) is 0 Å². The second kappa shape index (κ2) is 5.66. The molecule has 1 aliphatic carbocycles. The first kappa shape index (κ1) is 13.2. The van der Waals surface area contributed by atoms with Gasteiger partial charge in [-0.3, -0.25) is 0 Å². The second-order valence-electron chi connectivity index (χ2n) is 4.95. The Labute approximate surface area is 127 Å². The topological polar surface area (TPSA) is 12.0 Å². The van der Waals surface area contributed by atoms with Gasteiger partial charge in [-0.25, -0.2) is 0 Å². The molecule has 3 heteroatoms. The van der Waals surface area contributed by atoms with E-state index in [9.17, 15) is 0 Å². The van der Waals surface area contributed by atoms with E-state index in [1.807, 2.05) is 18.2 Å². The summed E-state index contributed by atoms with van der Waals surface area (Å²) in [7, 11) is 0. The number of halogens is 2. The lowest BCUT2D eigenvalue weighted by atomic mass is 10.0. The summed E-state index contributed by atoms with van der Waals surface area (Å²) >= 11 is 9.78. The smallest absolute Gasteiger partial charge is 0.0626 e. The molecule has 0 amide bonds. The van der Waals surface area contributed by atoms with Crippen molar-refractivity contribution < 1.29 is 0 Å². The van der Waals surface area contributed by atoms with Crippen LogP contribution in [0.4, 0.5) is 0 Å². The zero-order valence-electron chi connectivity index (χ0n) is 10.5. The molecule has 0 unspecified atom stereocenters. The lowest BCUT2D eigenvalue weighted by Gasteiger charge is -2.08. The Morgan fingerprint density at radius 3 is 2.53 bits per heavy atom. The molecule has 1 aliphatic rings. The van der Waals surface area contributed by atoms with E-state index in [1.165, 1.54) is 18.4 Å². The summed E-state index contributed by atoms with van der Waals surface area (Å²) in [4.78, 5) is 0. The van der Waals surface area contributed by atoms with Crippen LogP contribution in [0, 0.1) is 0 Å². The van der Waals surface area contributed by atoms with Crippen molar-refractivity contribution in [1.29, 1.82) is 0 Å². The molecule has 0 aromatic heterocycles. The fraction of sp³-hybridized carbons (Fsp3) is 0.250. The van der Waals surface area contributed by atoms with Crippen molar-refractivity contribution in [3.05, 3.63) is 57.5 Å². The van der Waals surface area contributed by atoms with Gasteiger partial charge in [0.1, 0.15) is 0 Å². The predicted octanol–water partition coefficient (Wildman–Crippen LogP) is 5.02. The van der Waals surface area contributed by atoms with Crippen molar-refractivity contribution in [1.82, 2.24) is 5.32 Å². The van der Waals surface area contributed by atoms with Gasteiger partial charge in [0.15, 0.2) is 0 Å². The number of hydrogen-bond acceptors (Lipinski definition) is 1. The van der Waals surface area contributed by atoms with Crippen LogP contribution in [0.3, 0.4) is 0 Å². The monoisotopic (exact) mass is 335 g/mol. The summed E-state index contributed by atoms with van der Waals surface area (Å²) in [5, 5.41) is 4.29. The van der Waals surface area contributed by atoms with E-state index in [4.69, 9.17) is 11.6 Å². The Morgan fingerprint density at radius 2 is 1.84 bits per heavy atom. The van der Waals surface area contributed by atoms with Crippen LogP contribution in [-0.2, 0) is 6.54 Å². The highest BCUT2D eigenvalue weighted by Crippen LogP contribution is 2.33. The first-order valence-corrected chi connectivity index (χ1v) is 7.68. The third kappa shape index (κ3) is 3.19. The first-order valence-electron chi connectivity index (χ1n) is 6.51. The third-order valence-corrected chi connectivity index (χ3v) is 4.69. The zero-order chi connectivity index (χ0) is 13.2. The van der Waals surface area contributed by atoms with E-state index < -0.39 is 0 Å². The maximum absolute atomic E-state index is 6.32. The number of nitrogens with one attached hydrogen (secondary N) is 1. The average molecular weight is 337 g/mol. The molecule has 19 heavy (non-hydrogen) atoms. The molecule has 1 fully saturated rings. The van der Waals surface area contributed by atoms with Crippen molar-refractivity contribution in [3.8, 4) is 11.1 Å². The van der Waals surface area contributed by atoms with E-state index >= 15 is 0 Å². The normalized spacial score (nSPS) is 14.6. The molecule has 3 rings (SSSR count). The van der Waals surface area contributed by atoms with Crippen LogP contribution < -0.4 is 5.32 Å². The summed E-state index contributed by atoms with van der Waals surface area (Å²) in [6, 6.07) is 15.4.